The van der Waals surface area contributed by atoms with Gasteiger partial charge in [0.25, 0.3) is 0 Å². The van der Waals surface area contributed by atoms with Gasteiger partial charge in [-0.05, 0) is 44.5 Å². The molecule has 0 spiro atoms. The Kier molecular flexibility index (Phi) is 2.93. The molecule has 2 aliphatic heterocycles. The van der Waals surface area contributed by atoms with E-state index in [2.05, 4.69) is 15.9 Å². The normalized spacial score (nSPS) is 20.9. The highest BCUT2D eigenvalue weighted by Crippen LogP contribution is 2.40. The van der Waals surface area contributed by atoms with Gasteiger partial charge >= 0.3 is 0 Å². The van der Waals surface area contributed by atoms with E-state index in [0.29, 0.717) is 6.42 Å². The first kappa shape index (κ1) is 12.7. The van der Waals surface area contributed by atoms with Gasteiger partial charge in [-0.2, -0.15) is 0 Å². The van der Waals surface area contributed by atoms with Crippen LogP contribution >= 0.6 is 15.9 Å². The molecule has 0 aliphatic carbocycles. The van der Waals surface area contributed by atoms with Gasteiger partial charge in [0.2, 0.25) is 5.91 Å². The molecule has 0 bridgehead atoms. The smallest absolute Gasteiger partial charge is 0.227 e. The zero-order valence-corrected chi connectivity index (χ0v) is 12.7. The van der Waals surface area contributed by atoms with Crippen LogP contribution in [0.15, 0.2) is 28.7 Å². The predicted octanol–water partition coefficient (Wildman–Crippen LogP) is 3.58. The van der Waals surface area contributed by atoms with Gasteiger partial charge in [-0.25, -0.2) is 0 Å². The Labute approximate surface area is 121 Å². The molecule has 1 amide bonds. The topological polar surface area (TPSA) is 29.5 Å². The second-order valence-corrected chi connectivity index (χ2v) is 6.44. The van der Waals surface area contributed by atoms with E-state index < -0.39 is 0 Å². The summed E-state index contributed by atoms with van der Waals surface area (Å²) in [4.78, 5) is 13.9. The van der Waals surface area contributed by atoms with Crippen LogP contribution in [0, 0.1) is 0 Å². The van der Waals surface area contributed by atoms with Gasteiger partial charge in [0, 0.05) is 23.0 Å². The summed E-state index contributed by atoms with van der Waals surface area (Å²) in [6.07, 6.45) is 3.62. The SMILES string of the molecule is CC1(C)C=C(N2CCCC2=O)c2cc(Br)ccc2O1. The fourth-order valence-corrected chi connectivity index (χ4v) is 3.00. The second-order valence-electron chi connectivity index (χ2n) is 5.52. The number of carbonyl (C=O) groups is 1. The zero-order valence-electron chi connectivity index (χ0n) is 11.1. The van der Waals surface area contributed by atoms with Crippen LogP contribution in [0.25, 0.3) is 5.70 Å². The highest BCUT2D eigenvalue weighted by Gasteiger charge is 2.33. The lowest BCUT2D eigenvalue weighted by atomic mass is 9.98. The summed E-state index contributed by atoms with van der Waals surface area (Å²) >= 11 is 3.48. The molecule has 1 saturated heterocycles. The molecule has 1 aromatic carbocycles. The number of rotatable bonds is 1. The Morgan fingerprint density at radius 2 is 2.16 bits per heavy atom. The number of halogens is 1. The van der Waals surface area contributed by atoms with E-state index in [1.165, 1.54) is 0 Å². The highest BCUT2D eigenvalue weighted by atomic mass is 79.9. The number of ether oxygens (including phenoxy) is 1. The molecule has 0 atom stereocenters. The fourth-order valence-electron chi connectivity index (χ4n) is 2.64. The lowest BCUT2D eigenvalue weighted by molar-refractivity contribution is -0.124. The summed E-state index contributed by atoms with van der Waals surface area (Å²) in [5.74, 6) is 1.04. The maximum atomic E-state index is 12.0. The van der Waals surface area contributed by atoms with Crippen molar-refractivity contribution in [3.63, 3.8) is 0 Å². The molecule has 19 heavy (non-hydrogen) atoms. The molecule has 0 saturated carbocycles. The van der Waals surface area contributed by atoms with E-state index in [4.69, 9.17) is 4.74 Å². The fraction of sp³-hybridized carbons (Fsp3) is 0.400. The summed E-state index contributed by atoms with van der Waals surface area (Å²) in [5, 5.41) is 0. The number of nitrogens with zero attached hydrogens (tertiary/aromatic N) is 1. The molecule has 3 nitrogen and oxygen atoms in total. The molecule has 0 radical (unpaired) electrons. The van der Waals surface area contributed by atoms with E-state index in [1.54, 1.807) is 0 Å². The average molecular weight is 322 g/mol. The Balaban J connectivity index is 2.12. The predicted molar refractivity (Wildman–Crippen MR) is 77.8 cm³/mol. The standard InChI is InChI=1S/C15H16BrNO2/c1-15(2)9-12(17-7-3-4-14(17)18)11-8-10(16)5-6-13(11)19-15/h5-6,8-9H,3-4,7H2,1-2H3. The van der Waals surface area contributed by atoms with Crippen LogP contribution in [0.4, 0.5) is 0 Å². The minimum absolute atomic E-state index is 0.204. The molecule has 100 valence electrons. The molecule has 2 aliphatic rings. The molecule has 1 fully saturated rings. The molecule has 1 aromatic rings. The summed E-state index contributed by atoms with van der Waals surface area (Å²) in [6, 6.07) is 5.93. The largest absolute Gasteiger partial charge is 0.483 e. The van der Waals surface area contributed by atoms with Crippen molar-refractivity contribution in [2.24, 2.45) is 0 Å². The van der Waals surface area contributed by atoms with Crippen molar-refractivity contribution in [1.82, 2.24) is 4.90 Å². The van der Waals surface area contributed by atoms with Crippen molar-refractivity contribution in [2.45, 2.75) is 32.3 Å². The average Bonchev–Trinajstić information content (AvgIpc) is 2.74. The summed E-state index contributed by atoms with van der Waals surface area (Å²) < 4.78 is 6.96. The maximum absolute atomic E-state index is 12.0. The van der Waals surface area contributed by atoms with Crippen molar-refractivity contribution in [3.8, 4) is 5.75 Å². The maximum Gasteiger partial charge on any atom is 0.227 e. The molecule has 0 unspecified atom stereocenters. The molecule has 0 aromatic heterocycles. The number of hydrogen-bond donors (Lipinski definition) is 0. The zero-order chi connectivity index (χ0) is 13.6. The molecule has 2 heterocycles. The van der Waals surface area contributed by atoms with Crippen LogP contribution in [0.3, 0.4) is 0 Å². The van der Waals surface area contributed by atoms with Crippen molar-refractivity contribution >= 4 is 27.5 Å². The molecular weight excluding hydrogens is 306 g/mol. The number of carbonyl (C=O) groups excluding carboxylic acids is 1. The molecular formula is C15H16BrNO2. The van der Waals surface area contributed by atoms with Crippen LogP contribution in [-0.4, -0.2) is 23.0 Å². The number of amides is 1. The first-order chi connectivity index (χ1) is 8.96. The minimum atomic E-state index is -0.390. The lowest BCUT2D eigenvalue weighted by Crippen LogP contribution is -2.34. The highest BCUT2D eigenvalue weighted by molar-refractivity contribution is 9.10. The molecule has 4 heteroatoms. The Morgan fingerprint density at radius 1 is 1.37 bits per heavy atom. The Hall–Kier alpha value is -1.29. The third kappa shape index (κ3) is 2.29. The van der Waals surface area contributed by atoms with Gasteiger partial charge in [-0.3, -0.25) is 4.79 Å². The Morgan fingerprint density at radius 3 is 2.84 bits per heavy atom. The van der Waals surface area contributed by atoms with Crippen LogP contribution in [0.1, 0.15) is 32.3 Å². The van der Waals surface area contributed by atoms with Gasteiger partial charge in [0.15, 0.2) is 0 Å². The lowest BCUT2D eigenvalue weighted by Gasteiger charge is -2.34. The monoisotopic (exact) mass is 321 g/mol. The van der Waals surface area contributed by atoms with E-state index in [-0.39, 0.29) is 11.5 Å². The van der Waals surface area contributed by atoms with Gasteiger partial charge in [-0.1, -0.05) is 15.9 Å². The van der Waals surface area contributed by atoms with Gasteiger partial charge in [0.05, 0.1) is 5.70 Å². The molecule has 0 N–H and O–H groups in total. The van der Waals surface area contributed by atoms with Crippen LogP contribution < -0.4 is 4.74 Å². The van der Waals surface area contributed by atoms with Crippen molar-refractivity contribution in [2.75, 3.05) is 6.54 Å². The first-order valence-corrected chi connectivity index (χ1v) is 7.28. The van der Waals surface area contributed by atoms with E-state index in [1.807, 2.05) is 43.0 Å². The second kappa shape index (κ2) is 4.37. The minimum Gasteiger partial charge on any atom is -0.483 e. The van der Waals surface area contributed by atoms with Crippen molar-refractivity contribution in [3.05, 3.63) is 34.3 Å². The van der Waals surface area contributed by atoms with E-state index in [0.717, 1.165) is 34.4 Å². The van der Waals surface area contributed by atoms with Crippen LogP contribution in [0.2, 0.25) is 0 Å². The van der Waals surface area contributed by atoms with Gasteiger partial charge in [0.1, 0.15) is 11.4 Å². The summed E-state index contributed by atoms with van der Waals surface area (Å²) in [7, 11) is 0. The quantitative estimate of drug-likeness (QED) is 0.791. The molecule has 3 rings (SSSR count). The van der Waals surface area contributed by atoms with Gasteiger partial charge < -0.3 is 9.64 Å². The van der Waals surface area contributed by atoms with Gasteiger partial charge in [-0.15, -0.1) is 0 Å². The van der Waals surface area contributed by atoms with E-state index in [9.17, 15) is 4.79 Å². The van der Waals surface area contributed by atoms with Crippen LogP contribution in [0.5, 0.6) is 5.75 Å². The van der Waals surface area contributed by atoms with Crippen molar-refractivity contribution in [1.29, 1.82) is 0 Å². The third-order valence-electron chi connectivity index (χ3n) is 3.44. The number of hydrogen-bond acceptors (Lipinski definition) is 2. The summed E-state index contributed by atoms with van der Waals surface area (Å²) in [5.41, 5.74) is 1.58. The number of likely N-dealkylation sites (tertiary alicyclic amines) is 1. The summed E-state index contributed by atoms with van der Waals surface area (Å²) in [6.45, 7) is 4.82. The number of benzene rings is 1. The van der Waals surface area contributed by atoms with Crippen molar-refractivity contribution < 1.29 is 9.53 Å². The van der Waals surface area contributed by atoms with Crippen LogP contribution in [-0.2, 0) is 4.79 Å². The van der Waals surface area contributed by atoms with E-state index >= 15 is 0 Å². The number of fused-ring (bicyclic) bond motifs is 1. The first-order valence-electron chi connectivity index (χ1n) is 6.48. The Bertz CT molecular complexity index is 578. The third-order valence-corrected chi connectivity index (χ3v) is 3.93.